The number of carbonyl (C=O) groups is 2. The van der Waals surface area contributed by atoms with Crippen LogP contribution < -0.4 is 14.9 Å². The van der Waals surface area contributed by atoms with E-state index in [1.807, 2.05) is 6.07 Å². The molecule has 0 spiro atoms. The number of hydrazine groups is 1. The molecule has 10 heteroatoms. The quantitative estimate of drug-likeness (QED) is 0.541. The molecule has 0 radical (unpaired) electrons. The highest BCUT2D eigenvalue weighted by Gasteiger charge is 2.33. The highest BCUT2D eigenvalue weighted by atomic mass is 32.2. The largest absolute Gasteiger partial charge is 0.493 e. The fourth-order valence-electron chi connectivity index (χ4n) is 2.76. The smallest absolute Gasteiger partial charge is 0.266 e. The van der Waals surface area contributed by atoms with Crippen LogP contribution in [0.15, 0.2) is 23.1 Å². The minimum Gasteiger partial charge on any atom is -0.493 e. The molecule has 0 saturated carbocycles. The van der Waals surface area contributed by atoms with Crippen LogP contribution in [0.5, 0.6) is 11.5 Å². The number of methoxy groups -OCH3 is 2. The molecule has 3 rings (SSSR count). The van der Waals surface area contributed by atoms with Crippen LogP contribution in [-0.4, -0.2) is 73.1 Å². The summed E-state index contributed by atoms with van der Waals surface area (Å²) in [5.74, 6) is 0.594. The van der Waals surface area contributed by atoms with Crippen LogP contribution in [-0.2, 0) is 14.3 Å². The van der Waals surface area contributed by atoms with Crippen molar-refractivity contribution in [3.63, 3.8) is 0 Å². The first-order valence-corrected chi connectivity index (χ1v) is 9.84. The van der Waals surface area contributed by atoms with Crippen LogP contribution in [0.4, 0.5) is 0 Å². The number of ether oxygens (including phenoxy) is 3. The lowest BCUT2D eigenvalue weighted by Gasteiger charge is -2.27. The second-order valence-electron chi connectivity index (χ2n) is 6.02. The van der Waals surface area contributed by atoms with Gasteiger partial charge in [-0.2, -0.15) is 0 Å². The van der Waals surface area contributed by atoms with Gasteiger partial charge in [0, 0.05) is 13.1 Å². The fraction of sp³-hybridized carbons (Fsp3) is 0.389. The van der Waals surface area contributed by atoms with E-state index in [-0.39, 0.29) is 18.4 Å². The summed E-state index contributed by atoms with van der Waals surface area (Å²) >= 11 is 6.46. The summed E-state index contributed by atoms with van der Waals surface area (Å²) in [5.41, 5.74) is 3.55. The monoisotopic (exact) mass is 423 g/mol. The molecule has 2 aliphatic heterocycles. The Balaban J connectivity index is 1.67. The van der Waals surface area contributed by atoms with Gasteiger partial charge in [-0.1, -0.05) is 30.0 Å². The maximum Gasteiger partial charge on any atom is 0.266 e. The summed E-state index contributed by atoms with van der Waals surface area (Å²) in [6.07, 6.45) is 1.72. The Hall–Kier alpha value is -2.14. The highest BCUT2D eigenvalue weighted by Crippen LogP contribution is 2.34. The topological polar surface area (TPSA) is 80.3 Å². The molecule has 0 aromatic heterocycles. The Bertz CT molecular complexity index is 808. The van der Waals surface area contributed by atoms with Gasteiger partial charge < -0.3 is 14.2 Å². The number of hydrogen-bond donors (Lipinski definition) is 1. The third-order valence-corrected chi connectivity index (χ3v) is 5.55. The summed E-state index contributed by atoms with van der Waals surface area (Å²) in [6.45, 7) is 2.24. The number of rotatable bonds is 6. The van der Waals surface area contributed by atoms with Crippen LogP contribution in [0.2, 0.25) is 0 Å². The first kappa shape index (κ1) is 20.6. The normalized spacial score (nSPS) is 19.2. The molecule has 1 N–H and O–H groups in total. The van der Waals surface area contributed by atoms with Crippen molar-refractivity contribution < 1.29 is 23.8 Å². The van der Waals surface area contributed by atoms with Crippen molar-refractivity contribution in [1.82, 2.24) is 15.3 Å². The molecule has 0 aliphatic carbocycles. The molecule has 28 heavy (non-hydrogen) atoms. The molecular formula is C18H21N3O5S2. The number of benzene rings is 1. The van der Waals surface area contributed by atoms with E-state index in [1.54, 1.807) is 37.4 Å². The van der Waals surface area contributed by atoms with Crippen molar-refractivity contribution >= 4 is 46.2 Å². The maximum absolute atomic E-state index is 12.7. The van der Waals surface area contributed by atoms with Crippen molar-refractivity contribution in [3.8, 4) is 11.5 Å². The molecule has 1 aromatic carbocycles. The summed E-state index contributed by atoms with van der Waals surface area (Å²) in [6, 6.07) is 5.36. The average molecular weight is 424 g/mol. The van der Waals surface area contributed by atoms with E-state index in [4.69, 9.17) is 26.4 Å². The number of morpholine rings is 1. The molecule has 1 aromatic rings. The van der Waals surface area contributed by atoms with Crippen LogP contribution >= 0.6 is 24.0 Å². The highest BCUT2D eigenvalue weighted by molar-refractivity contribution is 8.26. The van der Waals surface area contributed by atoms with Gasteiger partial charge in [-0.3, -0.25) is 19.9 Å². The molecule has 2 heterocycles. The SMILES string of the molecule is COc1ccc(C=C2SC(=S)N(CC(=O)NN3CCOCC3)C2=O)cc1OC. The van der Waals surface area contributed by atoms with Gasteiger partial charge in [-0.05, 0) is 23.8 Å². The van der Waals surface area contributed by atoms with Crippen LogP contribution in [0.1, 0.15) is 5.56 Å². The van der Waals surface area contributed by atoms with Gasteiger partial charge in [0.25, 0.3) is 11.8 Å². The standard InChI is InChI=1S/C18H21N3O5S2/c1-24-13-4-3-12(9-14(13)25-2)10-15-17(23)21(18(27)28-15)11-16(22)19-20-5-7-26-8-6-20/h3-4,9-10H,5-8,11H2,1-2H3,(H,19,22). The molecule has 0 unspecified atom stereocenters. The number of nitrogens with zero attached hydrogens (tertiary/aromatic N) is 2. The number of amides is 2. The van der Waals surface area contributed by atoms with Gasteiger partial charge in [0.15, 0.2) is 11.5 Å². The second-order valence-corrected chi connectivity index (χ2v) is 7.69. The van der Waals surface area contributed by atoms with Crippen molar-refractivity contribution in [2.75, 3.05) is 47.1 Å². The molecule has 0 bridgehead atoms. The predicted molar refractivity (Wildman–Crippen MR) is 110 cm³/mol. The zero-order valence-electron chi connectivity index (χ0n) is 15.6. The third kappa shape index (κ3) is 4.82. The molecule has 2 saturated heterocycles. The van der Waals surface area contributed by atoms with E-state index in [1.165, 1.54) is 16.7 Å². The van der Waals surface area contributed by atoms with Gasteiger partial charge in [0.2, 0.25) is 0 Å². The van der Waals surface area contributed by atoms with E-state index in [9.17, 15) is 9.59 Å². The van der Waals surface area contributed by atoms with E-state index >= 15 is 0 Å². The summed E-state index contributed by atoms with van der Waals surface area (Å²) in [5, 5.41) is 1.78. The number of hydrogen-bond acceptors (Lipinski definition) is 8. The van der Waals surface area contributed by atoms with Gasteiger partial charge in [0.05, 0.1) is 32.3 Å². The predicted octanol–water partition coefficient (Wildman–Crippen LogP) is 1.27. The van der Waals surface area contributed by atoms with Crippen molar-refractivity contribution in [1.29, 1.82) is 0 Å². The van der Waals surface area contributed by atoms with Gasteiger partial charge >= 0.3 is 0 Å². The van der Waals surface area contributed by atoms with E-state index in [0.717, 1.165) is 5.56 Å². The van der Waals surface area contributed by atoms with Crippen LogP contribution in [0.25, 0.3) is 6.08 Å². The molecule has 2 aliphatic rings. The lowest BCUT2D eigenvalue weighted by molar-refractivity contribution is -0.132. The Morgan fingerprint density at radius 2 is 2.00 bits per heavy atom. The number of nitrogens with one attached hydrogen (secondary N) is 1. The third-order valence-electron chi connectivity index (χ3n) is 4.17. The van der Waals surface area contributed by atoms with E-state index in [0.29, 0.717) is 47.0 Å². The average Bonchev–Trinajstić information content (AvgIpc) is 2.96. The first-order valence-electron chi connectivity index (χ1n) is 8.61. The van der Waals surface area contributed by atoms with Crippen molar-refractivity contribution in [2.24, 2.45) is 0 Å². The van der Waals surface area contributed by atoms with Gasteiger partial charge in [-0.25, -0.2) is 5.01 Å². The van der Waals surface area contributed by atoms with Crippen LogP contribution in [0, 0.1) is 0 Å². The summed E-state index contributed by atoms with van der Waals surface area (Å²) < 4.78 is 16.1. The Morgan fingerprint density at radius 1 is 1.29 bits per heavy atom. The number of carbonyl (C=O) groups excluding carboxylic acids is 2. The maximum atomic E-state index is 12.7. The first-order chi connectivity index (χ1) is 13.5. The lowest BCUT2D eigenvalue weighted by atomic mass is 10.2. The number of thioether (sulfide) groups is 1. The van der Waals surface area contributed by atoms with Crippen molar-refractivity contribution in [3.05, 3.63) is 28.7 Å². The fourth-order valence-corrected chi connectivity index (χ4v) is 4.02. The van der Waals surface area contributed by atoms with E-state index < -0.39 is 0 Å². The lowest BCUT2D eigenvalue weighted by Crippen LogP contribution is -2.51. The molecule has 150 valence electrons. The molecule has 2 fully saturated rings. The minimum atomic E-state index is -0.290. The second kappa shape index (κ2) is 9.37. The summed E-state index contributed by atoms with van der Waals surface area (Å²) in [7, 11) is 3.11. The Labute approximate surface area is 172 Å². The number of thiocarbonyl (C=S) groups is 1. The Kier molecular flexibility index (Phi) is 6.89. The van der Waals surface area contributed by atoms with Crippen molar-refractivity contribution in [2.45, 2.75) is 0 Å². The molecular weight excluding hydrogens is 402 g/mol. The molecule has 2 amide bonds. The zero-order chi connectivity index (χ0) is 20.1. The molecule has 0 atom stereocenters. The Morgan fingerprint density at radius 3 is 2.68 bits per heavy atom. The van der Waals surface area contributed by atoms with E-state index in [2.05, 4.69) is 5.43 Å². The van der Waals surface area contributed by atoms with Gasteiger partial charge in [0.1, 0.15) is 10.9 Å². The molecule has 8 nitrogen and oxygen atoms in total. The van der Waals surface area contributed by atoms with Crippen LogP contribution in [0.3, 0.4) is 0 Å². The zero-order valence-corrected chi connectivity index (χ0v) is 17.2. The van der Waals surface area contributed by atoms with Gasteiger partial charge in [-0.15, -0.1) is 0 Å². The minimum absolute atomic E-state index is 0.120. The summed E-state index contributed by atoms with van der Waals surface area (Å²) in [4.78, 5) is 26.7.